The molecule has 2 saturated heterocycles. The number of urea groups is 1. The van der Waals surface area contributed by atoms with Gasteiger partial charge in [0.1, 0.15) is 0 Å². The van der Waals surface area contributed by atoms with Crippen LogP contribution in [0.4, 0.5) is 13.6 Å². The summed E-state index contributed by atoms with van der Waals surface area (Å²) in [7, 11) is 1.69. The molecule has 7 nitrogen and oxygen atoms in total. The first kappa shape index (κ1) is 26.5. The number of amides is 2. The quantitative estimate of drug-likeness (QED) is 0.499. The molecular weight excluding hydrogens is 466 g/mol. The van der Waals surface area contributed by atoms with E-state index in [2.05, 4.69) is 16.3 Å². The van der Waals surface area contributed by atoms with Gasteiger partial charge in [-0.25, -0.2) is 13.6 Å². The minimum atomic E-state index is -3.18. The number of likely N-dealkylation sites (tertiary alicyclic amines) is 2. The van der Waals surface area contributed by atoms with Crippen LogP contribution in [0.5, 0.6) is 0 Å². The van der Waals surface area contributed by atoms with Crippen molar-refractivity contribution in [3.63, 3.8) is 0 Å². The zero-order valence-corrected chi connectivity index (χ0v) is 21.0. The SMILES string of the molecule is COCCN1CCC2(CC1)CN(C(=O)N[C@@H](CC(F)(F)Cc1ccccc1)C(=O)CC1(C#N)CC1)C2. The van der Waals surface area contributed by atoms with E-state index in [0.29, 0.717) is 38.1 Å². The van der Waals surface area contributed by atoms with Gasteiger partial charge >= 0.3 is 6.03 Å². The molecule has 4 rings (SSSR count). The Kier molecular flexibility index (Phi) is 7.96. The number of alkyl halides is 2. The maximum atomic E-state index is 15.0. The normalized spacial score (nSPS) is 21.3. The summed E-state index contributed by atoms with van der Waals surface area (Å²) < 4.78 is 35.2. The third-order valence-corrected chi connectivity index (χ3v) is 7.97. The number of carbonyl (C=O) groups is 2. The van der Waals surface area contributed by atoms with Crippen LogP contribution in [-0.4, -0.2) is 80.0 Å². The number of piperidine rings is 1. The summed E-state index contributed by atoms with van der Waals surface area (Å²) in [5.74, 6) is -3.67. The number of ketones is 1. The van der Waals surface area contributed by atoms with E-state index in [-0.39, 0.29) is 11.8 Å². The molecule has 1 N–H and O–H groups in total. The minimum absolute atomic E-state index is 0.0660. The predicted octanol–water partition coefficient (Wildman–Crippen LogP) is 3.64. The van der Waals surface area contributed by atoms with Gasteiger partial charge in [0.25, 0.3) is 5.92 Å². The molecule has 1 aromatic rings. The first-order chi connectivity index (χ1) is 17.2. The number of hydrogen-bond acceptors (Lipinski definition) is 5. The van der Waals surface area contributed by atoms with Gasteiger partial charge < -0.3 is 19.9 Å². The highest BCUT2D eigenvalue weighted by atomic mass is 19.3. The van der Waals surface area contributed by atoms with E-state index in [1.807, 2.05) is 0 Å². The fraction of sp³-hybridized carbons (Fsp3) is 0.667. The van der Waals surface area contributed by atoms with Crippen LogP contribution >= 0.6 is 0 Å². The number of methoxy groups -OCH3 is 1. The van der Waals surface area contributed by atoms with E-state index < -0.39 is 42.0 Å². The Morgan fingerprint density at radius 3 is 2.42 bits per heavy atom. The summed E-state index contributed by atoms with van der Waals surface area (Å²) in [6, 6.07) is 8.75. The topological polar surface area (TPSA) is 85.7 Å². The van der Waals surface area contributed by atoms with Gasteiger partial charge in [-0.2, -0.15) is 5.26 Å². The molecular formula is C27H36F2N4O3. The van der Waals surface area contributed by atoms with E-state index in [1.54, 1.807) is 42.3 Å². The lowest BCUT2D eigenvalue weighted by Crippen LogP contribution is -2.65. The summed E-state index contributed by atoms with van der Waals surface area (Å²) in [6.45, 7) is 4.62. The molecule has 2 heterocycles. The lowest BCUT2D eigenvalue weighted by molar-refractivity contribution is -0.124. The molecule has 3 aliphatic rings. The van der Waals surface area contributed by atoms with Crippen molar-refractivity contribution in [2.24, 2.45) is 10.8 Å². The Morgan fingerprint density at radius 2 is 1.83 bits per heavy atom. The van der Waals surface area contributed by atoms with Gasteiger partial charge in [-0.3, -0.25) is 4.79 Å². The third-order valence-electron chi connectivity index (χ3n) is 7.97. The summed E-state index contributed by atoms with van der Waals surface area (Å²) in [5.41, 5.74) is -0.222. The zero-order valence-electron chi connectivity index (χ0n) is 21.0. The van der Waals surface area contributed by atoms with E-state index in [0.717, 1.165) is 32.5 Å². The summed E-state index contributed by atoms with van der Waals surface area (Å²) >= 11 is 0. The van der Waals surface area contributed by atoms with Crippen LogP contribution in [0, 0.1) is 22.2 Å². The van der Waals surface area contributed by atoms with Crippen molar-refractivity contribution in [2.45, 2.75) is 56.9 Å². The fourth-order valence-corrected chi connectivity index (χ4v) is 5.38. The second-order valence-corrected chi connectivity index (χ2v) is 11.0. The number of nitrogens with zero attached hydrogens (tertiary/aromatic N) is 3. The molecule has 2 amide bonds. The molecule has 0 bridgehead atoms. The molecule has 1 saturated carbocycles. The Balaban J connectivity index is 1.35. The lowest BCUT2D eigenvalue weighted by atomic mass is 9.72. The molecule has 3 fully saturated rings. The van der Waals surface area contributed by atoms with Crippen LogP contribution in [0.2, 0.25) is 0 Å². The zero-order chi connectivity index (χ0) is 25.8. The summed E-state index contributed by atoms with van der Waals surface area (Å²) in [6.07, 6.45) is 1.74. The van der Waals surface area contributed by atoms with Crippen LogP contribution in [0.1, 0.15) is 44.1 Å². The Morgan fingerprint density at radius 1 is 1.17 bits per heavy atom. The van der Waals surface area contributed by atoms with Gasteiger partial charge in [0.2, 0.25) is 0 Å². The standard InChI is InChI=1S/C27H36F2N4O3/c1-36-14-13-32-11-9-26(10-12-32)19-33(20-26)24(35)31-22(23(34)17-25(18-30)7-8-25)16-27(28,29)15-21-5-3-2-4-6-21/h2-6,22H,7-17,19-20H2,1H3,(H,31,35)/t22-/m0/s1. The van der Waals surface area contributed by atoms with Crippen molar-refractivity contribution < 1.29 is 23.1 Å². The average Bonchev–Trinajstić information content (AvgIpc) is 3.61. The maximum Gasteiger partial charge on any atom is 0.318 e. The second kappa shape index (κ2) is 10.8. The monoisotopic (exact) mass is 502 g/mol. The number of halogens is 2. The summed E-state index contributed by atoms with van der Waals surface area (Å²) in [5, 5.41) is 12.0. The van der Waals surface area contributed by atoms with Crippen molar-refractivity contribution in [1.29, 1.82) is 5.26 Å². The Bertz CT molecular complexity index is 961. The van der Waals surface area contributed by atoms with Gasteiger partial charge in [-0.15, -0.1) is 0 Å². The van der Waals surface area contributed by atoms with Crippen molar-refractivity contribution in [3.8, 4) is 6.07 Å². The van der Waals surface area contributed by atoms with Gasteiger partial charge in [0.15, 0.2) is 5.78 Å². The molecule has 1 atom stereocenters. The first-order valence-electron chi connectivity index (χ1n) is 12.8. The number of rotatable bonds is 11. The second-order valence-electron chi connectivity index (χ2n) is 11.0. The molecule has 2 aliphatic heterocycles. The number of ether oxygens (including phenoxy) is 1. The molecule has 0 radical (unpaired) electrons. The highest BCUT2D eigenvalue weighted by molar-refractivity contribution is 5.89. The minimum Gasteiger partial charge on any atom is -0.383 e. The Hall–Kier alpha value is -2.57. The molecule has 196 valence electrons. The first-order valence-corrected chi connectivity index (χ1v) is 12.8. The number of Topliss-reactive ketones (excluding diaryl/α,β-unsaturated/α-hetero) is 1. The smallest absolute Gasteiger partial charge is 0.318 e. The van der Waals surface area contributed by atoms with Crippen molar-refractivity contribution in [1.82, 2.24) is 15.1 Å². The van der Waals surface area contributed by atoms with Crippen LogP contribution in [-0.2, 0) is 16.0 Å². The van der Waals surface area contributed by atoms with E-state index in [9.17, 15) is 14.9 Å². The predicted molar refractivity (Wildman–Crippen MR) is 130 cm³/mol. The molecule has 1 spiro atoms. The number of nitrogens with one attached hydrogen (secondary N) is 1. The largest absolute Gasteiger partial charge is 0.383 e. The third kappa shape index (κ3) is 6.60. The van der Waals surface area contributed by atoms with Crippen LogP contribution in [0.15, 0.2) is 30.3 Å². The molecule has 1 aromatic carbocycles. The van der Waals surface area contributed by atoms with Crippen molar-refractivity contribution in [2.75, 3.05) is 46.4 Å². The molecule has 1 aliphatic carbocycles. The highest BCUT2D eigenvalue weighted by Crippen LogP contribution is 2.48. The highest BCUT2D eigenvalue weighted by Gasteiger charge is 2.49. The van der Waals surface area contributed by atoms with Gasteiger partial charge in [0, 0.05) is 51.4 Å². The van der Waals surface area contributed by atoms with Crippen LogP contribution in [0.3, 0.4) is 0 Å². The number of nitriles is 1. The van der Waals surface area contributed by atoms with E-state index >= 15 is 8.78 Å². The van der Waals surface area contributed by atoms with Crippen LogP contribution in [0.25, 0.3) is 0 Å². The average molecular weight is 503 g/mol. The van der Waals surface area contributed by atoms with Gasteiger partial charge in [0.05, 0.1) is 24.1 Å². The number of carbonyl (C=O) groups excluding carboxylic acids is 2. The molecule has 36 heavy (non-hydrogen) atoms. The molecule has 0 unspecified atom stereocenters. The number of hydrogen-bond donors (Lipinski definition) is 1. The van der Waals surface area contributed by atoms with E-state index in [1.165, 1.54) is 0 Å². The summed E-state index contributed by atoms with van der Waals surface area (Å²) in [4.78, 5) is 30.0. The van der Waals surface area contributed by atoms with Gasteiger partial charge in [-0.1, -0.05) is 30.3 Å². The van der Waals surface area contributed by atoms with Crippen molar-refractivity contribution >= 4 is 11.8 Å². The lowest BCUT2D eigenvalue weighted by Gasteiger charge is -2.54. The van der Waals surface area contributed by atoms with Crippen LogP contribution < -0.4 is 5.32 Å². The fourth-order valence-electron chi connectivity index (χ4n) is 5.38. The molecule has 9 heteroatoms. The molecule has 0 aromatic heterocycles. The van der Waals surface area contributed by atoms with Crippen molar-refractivity contribution in [3.05, 3.63) is 35.9 Å². The van der Waals surface area contributed by atoms with Gasteiger partial charge in [-0.05, 0) is 44.3 Å². The van der Waals surface area contributed by atoms with E-state index in [4.69, 9.17) is 4.74 Å². The Labute approximate surface area is 211 Å². The number of benzene rings is 1. The maximum absolute atomic E-state index is 15.0.